The topological polar surface area (TPSA) is 214 Å². The normalized spacial score (nSPS) is 15.6. The number of hydrogen-bond acceptors (Lipinski definition) is 7. The van der Waals surface area contributed by atoms with E-state index in [-0.39, 0.29) is 6.42 Å². The van der Waals surface area contributed by atoms with Gasteiger partial charge in [-0.15, -0.1) is 0 Å². The molecule has 0 radical (unpaired) electrons. The predicted molar refractivity (Wildman–Crippen MR) is 112 cm³/mol. The van der Waals surface area contributed by atoms with E-state index in [4.69, 9.17) is 16.6 Å². The zero-order valence-electron chi connectivity index (χ0n) is 18.2. The number of amides is 3. The van der Waals surface area contributed by atoms with Gasteiger partial charge in [0.25, 0.3) is 0 Å². The van der Waals surface area contributed by atoms with Crippen molar-refractivity contribution in [2.45, 2.75) is 77.0 Å². The molecule has 0 aliphatic heterocycles. The van der Waals surface area contributed by atoms with E-state index in [2.05, 4.69) is 16.0 Å². The monoisotopic (exact) mass is 445 g/mol. The van der Waals surface area contributed by atoms with Crippen LogP contribution in [0.3, 0.4) is 0 Å². The SMILES string of the molecule is CCC(C)C(NC(=O)C(CC(=O)O)NC(=O)C(CCCCN)NC(=O)C(C)N)C(=O)O. The van der Waals surface area contributed by atoms with Crippen LogP contribution in [0.25, 0.3) is 0 Å². The van der Waals surface area contributed by atoms with E-state index in [0.717, 1.165) is 0 Å². The molecule has 0 aromatic heterocycles. The van der Waals surface area contributed by atoms with Gasteiger partial charge in [0.2, 0.25) is 17.7 Å². The van der Waals surface area contributed by atoms with Crippen molar-refractivity contribution in [2.75, 3.05) is 6.54 Å². The van der Waals surface area contributed by atoms with Crippen LogP contribution in [0.4, 0.5) is 0 Å². The van der Waals surface area contributed by atoms with Gasteiger partial charge >= 0.3 is 11.9 Å². The van der Waals surface area contributed by atoms with E-state index >= 15 is 0 Å². The van der Waals surface area contributed by atoms with Crippen molar-refractivity contribution in [3.05, 3.63) is 0 Å². The molecule has 0 aliphatic rings. The van der Waals surface area contributed by atoms with E-state index in [1.807, 2.05) is 0 Å². The molecule has 0 saturated carbocycles. The van der Waals surface area contributed by atoms with Crippen molar-refractivity contribution in [3.8, 4) is 0 Å². The van der Waals surface area contributed by atoms with Gasteiger partial charge in [0.15, 0.2) is 0 Å². The van der Waals surface area contributed by atoms with Gasteiger partial charge in [-0.1, -0.05) is 20.3 Å². The maximum absolute atomic E-state index is 12.7. The Bertz CT molecular complexity index is 641. The van der Waals surface area contributed by atoms with Crippen molar-refractivity contribution < 1.29 is 34.2 Å². The first-order valence-electron chi connectivity index (χ1n) is 10.3. The van der Waals surface area contributed by atoms with Crippen LogP contribution in [0.1, 0.15) is 52.9 Å². The average Bonchev–Trinajstić information content (AvgIpc) is 2.69. The third-order valence-electron chi connectivity index (χ3n) is 4.78. The van der Waals surface area contributed by atoms with Gasteiger partial charge in [-0.25, -0.2) is 4.79 Å². The first-order valence-corrected chi connectivity index (χ1v) is 10.3. The maximum atomic E-state index is 12.7. The summed E-state index contributed by atoms with van der Waals surface area (Å²) in [6.45, 7) is 5.19. The first kappa shape index (κ1) is 28.3. The minimum atomic E-state index is -1.53. The highest BCUT2D eigenvalue weighted by Crippen LogP contribution is 2.09. The second-order valence-corrected chi connectivity index (χ2v) is 7.50. The molecular formula is C19H35N5O7. The summed E-state index contributed by atoms with van der Waals surface area (Å²) in [5, 5.41) is 25.5. The van der Waals surface area contributed by atoms with Gasteiger partial charge in [0, 0.05) is 0 Å². The van der Waals surface area contributed by atoms with Crippen molar-refractivity contribution in [1.29, 1.82) is 0 Å². The molecule has 5 unspecified atom stereocenters. The van der Waals surface area contributed by atoms with E-state index in [1.165, 1.54) is 6.92 Å². The van der Waals surface area contributed by atoms with Crippen LogP contribution in [0.2, 0.25) is 0 Å². The molecule has 12 nitrogen and oxygen atoms in total. The number of carboxylic acid groups (broad SMARTS) is 2. The van der Waals surface area contributed by atoms with E-state index in [0.29, 0.717) is 25.8 Å². The number of hydrogen-bond donors (Lipinski definition) is 7. The molecule has 0 spiro atoms. The quantitative estimate of drug-likeness (QED) is 0.146. The molecule has 9 N–H and O–H groups in total. The lowest BCUT2D eigenvalue weighted by molar-refractivity contribution is -0.144. The van der Waals surface area contributed by atoms with Crippen LogP contribution in [0, 0.1) is 5.92 Å². The van der Waals surface area contributed by atoms with Gasteiger partial charge in [-0.2, -0.15) is 0 Å². The van der Waals surface area contributed by atoms with E-state index < -0.39 is 66.2 Å². The molecule has 5 atom stereocenters. The third-order valence-corrected chi connectivity index (χ3v) is 4.78. The number of carboxylic acids is 2. The fourth-order valence-electron chi connectivity index (χ4n) is 2.66. The van der Waals surface area contributed by atoms with Crippen LogP contribution >= 0.6 is 0 Å². The van der Waals surface area contributed by atoms with Gasteiger partial charge in [-0.3, -0.25) is 19.2 Å². The summed E-state index contributed by atoms with van der Waals surface area (Å²) in [6, 6.07) is -4.71. The Morgan fingerprint density at radius 3 is 1.87 bits per heavy atom. The average molecular weight is 446 g/mol. The smallest absolute Gasteiger partial charge is 0.326 e. The second kappa shape index (κ2) is 14.3. The van der Waals surface area contributed by atoms with Crippen molar-refractivity contribution in [1.82, 2.24) is 16.0 Å². The Balaban J connectivity index is 5.47. The van der Waals surface area contributed by atoms with Gasteiger partial charge in [0.05, 0.1) is 12.5 Å². The largest absolute Gasteiger partial charge is 0.481 e. The molecule has 178 valence electrons. The summed E-state index contributed by atoms with van der Waals surface area (Å²) in [4.78, 5) is 59.9. The highest BCUT2D eigenvalue weighted by atomic mass is 16.4. The van der Waals surface area contributed by atoms with Crippen LogP contribution in [0.5, 0.6) is 0 Å². The minimum absolute atomic E-state index is 0.202. The minimum Gasteiger partial charge on any atom is -0.481 e. The number of carbonyl (C=O) groups excluding carboxylic acids is 3. The van der Waals surface area contributed by atoms with Gasteiger partial charge < -0.3 is 37.6 Å². The van der Waals surface area contributed by atoms with Gasteiger partial charge in [-0.05, 0) is 38.6 Å². The highest BCUT2D eigenvalue weighted by molar-refractivity contribution is 5.95. The standard InChI is InChI=1S/C19H35N5O7/c1-4-10(2)15(19(30)31)24-18(29)13(9-14(25)26)23-17(28)12(7-5-6-8-20)22-16(27)11(3)21/h10-13,15H,4-9,20-21H2,1-3H3,(H,22,27)(H,23,28)(H,24,29)(H,25,26)(H,30,31). The number of nitrogens with two attached hydrogens (primary N) is 2. The van der Waals surface area contributed by atoms with Crippen LogP contribution in [0.15, 0.2) is 0 Å². The number of nitrogens with one attached hydrogen (secondary N) is 3. The summed E-state index contributed by atoms with van der Waals surface area (Å²) in [6.07, 6.45) is 0.985. The molecule has 0 bridgehead atoms. The third kappa shape index (κ3) is 10.7. The molecule has 0 fully saturated rings. The first-order chi connectivity index (χ1) is 14.4. The summed E-state index contributed by atoms with van der Waals surface area (Å²) < 4.78 is 0. The predicted octanol–water partition coefficient (Wildman–Crippen LogP) is -1.48. The van der Waals surface area contributed by atoms with Crippen LogP contribution in [-0.2, 0) is 24.0 Å². The fraction of sp³-hybridized carbons (Fsp3) is 0.737. The molecule has 3 amide bonds. The number of aliphatic carboxylic acids is 2. The molecule has 0 saturated heterocycles. The molecule has 12 heteroatoms. The lowest BCUT2D eigenvalue weighted by atomic mass is 9.98. The molecule has 31 heavy (non-hydrogen) atoms. The molecule has 0 rings (SSSR count). The molecule has 0 aromatic carbocycles. The lowest BCUT2D eigenvalue weighted by Gasteiger charge is -2.25. The fourth-order valence-corrected chi connectivity index (χ4v) is 2.66. The zero-order valence-corrected chi connectivity index (χ0v) is 18.2. The Morgan fingerprint density at radius 1 is 0.871 bits per heavy atom. The number of unbranched alkanes of at least 4 members (excludes halogenated alkanes) is 1. The molecular weight excluding hydrogens is 410 g/mol. The van der Waals surface area contributed by atoms with Crippen molar-refractivity contribution >= 4 is 29.7 Å². The number of carbonyl (C=O) groups is 5. The van der Waals surface area contributed by atoms with E-state index in [9.17, 15) is 29.1 Å². The summed E-state index contributed by atoms with van der Waals surface area (Å²) in [7, 11) is 0. The maximum Gasteiger partial charge on any atom is 0.326 e. The van der Waals surface area contributed by atoms with E-state index in [1.54, 1.807) is 13.8 Å². The number of rotatable bonds is 15. The summed E-state index contributed by atoms with van der Waals surface area (Å²) >= 11 is 0. The molecule has 0 heterocycles. The Morgan fingerprint density at radius 2 is 1.42 bits per heavy atom. The molecule has 0 aromatic rings. The van der Waals surface area contributed by atoms with Gasteiger partial charge in [0.1, 0.15) is 18.1 Å². The Hall–Kier alpha value is -2.73. The second-order valence-electron chi connectivity index (χ2n) is 7.50. The van der Waals surface area contributed by atoms with Crippen molar-refractivity contribution in [2.24, 2.45) is 17.4 Å². The Kier molecular flexibility index (Phi) is 13.0. The molecule has 0 aliphatic carbocycles. The lowest BCUT2D eigenvalue weighted by Crippen LogP contribution is -2.58. The zero-order chi connectivity index (χ0) is 24.1. The summed E-state index contributed by atoms with van der Waals surface area (Å²) in [5.41, 5.74) is 11.0. The van der Waals surface area contributed by atoms with Crippen LogP contribution in [-0.4, -0.2) is 70.6 Å². The van der Waals surface area contributed by atoms with Crippen LogP contribution < -0.4 is 27.4 Å². The highest BCUT2D eigenvalue weighted by Gasteiger charge is 2.32. The van der Waals surface area contributed by atoms with Crippen molar-refractivity contribution in [3.63, 3.8) is 0 Å². The Labute approximate surface area is 181 Å². The summed E-state index contributed by atoms with van der Waals surface area (Å²) in [5.74, 6) is -5.36.